The molecule has 6 heteroatoms. The molecular formula is C15H7BrCl2FNO. The summed E-state index contributed by atoms with van der Waals surface area (Å²) in [6, 6.07) is 7.43. The van der Waals surface area contributed by atoms with E-state index in [0.29, 0.717) is 31.0 Å². The Bertz CT molecular complexity index is 875. The van der Waals surface area contributed by atoms with Crippen LogP contribution in [0.1, 0.15) is 15.9 Å². The van der Waals surface area contributed by atoms with Gasteiger partial charge in [0.2, 0.25) is 0 Å². The van der Waals surface area contributed by atoms with E-state index in [4.69, 9.17) is 23.2 Å². The van der Waals surface area contributed by atoms with Crippen molar-refractivity contribution in [3.8, 4) is 0 Å². The van der Waals surface area contributed by atoms with Crippen molar-refractivity contribution >= 4 is 55.8 Å². The van der Waals surface area contributed by atoms with Crippen LogP contribution >= 0.6 is 39.1 Å². The van der Waals surface area contributed by atoms with Crippen molar-refractivity contribution in [2.24, 2.45) is 0 Å². The van der Waals surface area contributed by atoms with Crippen LogP contribution in [0.4, 0.5) is 4.39 Å². The van der Waals surface area contributed by atoms with Crippen molar-refractivity contribution in [1.82, 2.24) is 4.98 Å². The summed E-state index contributed by atoms with van der Waals surface area (Å²) in [4.78, 5) is 15.5. The van der Waals surface area contributed by atoms with Gasteiger partial charge in [-0.05, 0) is 30.3 Å². The maximum atomic E-state index is 13.9. The molecule has 1 aromatic heterocycles. The van der Waals surface area contributed by atoms with E-state index in [9.17, 15) is 9.18 Å². The first-order valence-electron chi connectivity index (χ1n) is 5.93. The SMILES string of the molecule is O=C(c1cc(Br)ccc1F)c1c[nH]c2cc(Cl)cc(Cl)c12. The second-order valence-electron chi connectivity index (χ2n) is 4.47. The first-order valence-corrected chi connectivity index (χ1v) is 7.48. The molecule has 0 aliphatic heterocycles. The van der Waals surface area contributed by atoms with Gasteiger partial charge in [0.25, 0.3) is 0 Å². The standard InChI is InChI=1S/C15H7BrCl2FNO/c16-7-1-2-12(19)9(3-7)15(21)10-6-20-13-5-8(17)4-11(18)14(10)13/h1-6,20H. The normalized spacial score (nSPS) is 11.0. The van der Waals surface area contributed by atoms with E-state index < -0.39 is 11.6 Å². The molecule has 0 saturated carbocycles. The fraction of sp³-hybridized carbons (Fsp3) is 0. The zero-order valence-corrected chi connectivity index (χ0v) is 13.5. The molecule has 0 amide bonds. The van der Waals surface area contributed by atoms with Crippen molar-refractivity contribution in [3.05, 3.63) is 68.0 Å². The lowest BCUT2D eigenvalue weighted by molar-refractivity contribution is 0.103. The van der Waals surface area contributed by atoms with E-state index in [2.05, 4.69) is 20.9 Å². The van der Waals surface area contributed by atoms with Crippen LogP contribution in [-0.2, 0) is 0 Å². The fourth-order valence-corrected chi connectivity index (χ4v) is 3.14. The van der Waals surface area contributed by atoms with Crippen molar-refractivity contribution in [3.63, 3.8) is 0 Å². The lowest BCUT2D eigenvalue weighted by Gasteiger charge is -2.04. The summed E-state index contributed by atoms with van der Waals surface area (Å²) in [5.74, 6) is -1.02. The molecule has 1 N–H and O–H groups in total. The first-order chi connectivity index (χ1) is 9.97. The highest BCUT2D eigenvalue weighted by Gasteiger charge is 2.20. The largest absolute Gasteiger partial charge is 0.360 e. The summed E-state index contributed by atoms with van der Waals surface area (Å²) in [7, 11) is 0. The van der Waals surface area contributed by atoms with Gasteiger partial charge >= 0.3 is 0 Å². The molecule has 3 rings (SSSR count). The van der Waals surface area contributed by atoms with Gasteiger partial charge in [-0.25, -0.2) is 4.39 Å². The zero-order chi connectivity index (χ0) is 15.1. The fourth-order valence-electron chi connectivity index (χ4n) is 2.18. The maximum absolute atomic E-state index is 13.9. The average molecular weight is 387 g/mol. The minimum atomic E-state index is -0.581. The second kappa shape index (κ2) is 5.44. The summed E-state index contributed by atoms with van der Waals surface area (Å²) in [6.45, 7) is 0. The Morgan fingerprint density at radius 1 is 1.14 bits per heavy atom. The topological polar surface area (TPSA) is 32.9 Å². The second-order valence-corrected chi connectivity index (χ2v) is 6.23. The summed E-state index contributed by atoms with van der Waals surface area (Å²) in [5, 5.41) is 1.34. The average Bonchev–Trinajstić information content (AvgIpc) is 2.84. The van der Waals surface area contributed by atoms with Gasteiger partial charge in [0.1, 0.15) is 5.82 Å². The van der Waals surface area contributed by atoms with E-state index in [1.165, 1.54) is 24.4 Å². The van der Waals surface area contributed by atoms with Gasteiger partial charge in [-0.15, -0.1) is 0 Å². The highest BCUT2D eigenvalue weighted by molar-refractivity contribution is 9.10. The summed E-state index contributed by atoms with van der Waals surface area (Å²) in [5.41, 5.74) is 0.922. The molecule has 0 aliphatic rings. The number of hydrogen-bond donors (Lipinski definition) is 1. The van der Waals surface area contributed by atoms with Crippen molar-refractivity contribution < 1.29 is 9.18 Å². The molecule has 0 bridgehead atoms. The van der Waals surface area contributed by atoms with Crippen molar-refractivity contribution in [2.75, 3.05) is 0 Å². The Balaban J connectivity index is 2.21. The molecule has 21 heavy (non-hydrogen) atoms. The van der Waals surface area contributed by atoms with E-state index in [1.54, 1.807) is 12.1 Å². The van der Waals surface area contributed by atoms with E-state index in [-0.39, 0.29) is 5.56 Å². The zero-order valence-electron chi connectivity index (χ0n) is 10.4. The molecule has 2 nitrogen and oxygen atoms in total. The van der Waals surface area contributed by atoms with Crippen molar-refractivity contribution in [1.29, 1.82) is 0 Å². The molecule has 1 heterocycles. The van der Waals surface area contributed by atoms with Gasteiger partial charge in [-0.1, -0.05) is 39.1 Å². The van der Waals surface area contributed by atoms with Gasteiger partial charge in [0.15, 0.2) is 5.78 Å². The smallest absolute Gasteiger partial charge is 0.198 e. The van der Waals surface area contributed by atoms with Crippen LogP contribution in [0.3, 0.4) is 0 Å². The molecule has 2 aromatic carbocycles. The number of halogens is 4. The third kappa shape index (κ3) is 2.59. The number of aromatic nitrogens is 1. The molecule has 0 aliphatic carbocycles. The number of carbonyl (C=O) groups is 1. The van der Waals surface area contributed by atoms with E-state index in [0.717, 1.165) is 0 Å². The number of aromatic amines is 1. The Kier molecular flexibility index (Phi) is 3.78. The van der Waals surface area contributed by atoms with Crippen LogP contribution in [0.15, 0.2) is 41.0 Å². The molecule has 3 aromatic rings. The van der Waals surface area contributed by atoms with Gasteiger partial charge < -0.3 is 4.98 Å². The molecule has 0 atom stereocenters. The van der Waals surface area contributed by atoms with Gasteiger partial charge in [0, 0.05) is 32.2 Å². The quantitative estimate of drug-likeness (QED) is 0.570. The van der Waals surface area contributed by atoms with Crippen LogP contribution in [0, 0.1) is 5.82 Å². The van der Waals surface area contributed by atoms with Crippen LogP contribution < -0.4 is 0 Å². The highest BCUT2D eigenvalue weighted by Crippen LogP contribution is 2.32. The molecule has 0 radical (unpaired) electrons. The predicted octanol–water partition coefficient (Wildman–Crippen LogP) is 5.61. The summed E-state index contributed by atoms with van der Waals surface area (Å²) < 4.78 is 14.5. The molecule has 0 spiro atoms. The van der Waals surface area contributed by atoms with E-state index in [1.807, 2.05) is 0 Å². The van der Waals surface area contributed by atoms with Crippen LogP contribution in [-0.4, -0.2) is 10.8 Å². The molecule has 0 unspecified atom stereocenters. The van der Waals surface area contributed by atoms with Crippen molar-refractivity contribution in [2.45, 2.75) is 0 Å². The number of fused-ring (bicyclic) bond motifs is 1. The lowest BCUT2D eigenvalue weighted by atomic mass is 10.0. The number of nitrogens with one attached hydrogen (secondary N) is 1. The molecule has 106 valence electrons. The maximum Gasteiger partial charge on any atom is 0.198 e. The molecule has 0 fully saturated rings. The van der Waals surface area contributed by atoms with Gasteiger partial charge in [0.05, 0.1) is 10.6 Å². The third-order valence-corrected chi connectivity index (χ3v) is 4.12. The molecular weight excluding hydrogens is 380 g/mol. The Morgan fingerprint density at radius 2 is 1.90 bits per heavy atom. The first kappa shape index (κ1) is 14.6. The van der Waals surface area contributed by atoms with Crippen LogP contribution in [0.5, 0.6) is 0 Å². The lowest BCUT2D eigenvalue weighted by Crippen LogP contribution is -2.03. The number of rotatable bonds is 2. The van der Waals surface area contributed by atoms with Crippen LogP contribution in [0.25, 0.3) is 10.9 Å². The Morgan fingerprint density at radius 3 is 2.67 bits per heavy atom. The number of ketones is 1. The van der Waals surface area contributed by atoms with Crippen LogP contribution in [0.2, 0.25) is 10.0 Å². The minimum absolute atomic E-state index is 0.0173. The number of H-pyrrole nitrogens is 1. The Hall–Kier alpha value is -1.36. The number of carbonyl (C=O) groups excluding carboxylic acids is 1. The van der Waals surface area contributed by atoms with Gasteiger partial charge in [-0.2, -0.15) is 0 Å². The van der Waals surface area contributed by atoms with E-state index >= 15 is 0 Å². The third-order valence-electron chi connectivity index (χ3n) is 3.11. The monoisotopic (exact) mass is 385 g/mol. The predicted molar refractivity (Wildman–Crippen MR) is 85.9 cm³/mol. The number of hydrogen-bond acceptors (Lipinski definition) is 1. The minimum Gasteiger partial charge on any atom is -0.360 e. The summed E-state index contributed by atoms with van der Waals surface area (Å²) in [6.07, 6.45) is 1.51. The van der Waals surface area contributed by atoms with Gasteiger partial charge in [-0.3, -0.25) is 4.79 Å². The Labute approximate surface area is 138 Å². The summed E-state index contributed by atoms with van der Waals surface area (Å²) >= 11 is 15.3. The number of benzene rings is 2. The molecule has 0 saturated heterocycles. The highest BCUT2D eigenvalue weighted by atomic mass is 79.9.